The van der Waals surface area contributed by atoms with Gasteiger partial charge in [0.05, 0.1) is 27.0 Å². The molecule has 0 aliphatic heterocycles. The molecule has 2 aromatic rings. The molecule has 0 bridgehead atoms. The normalized spacial score (nSPS) is 13.9. The largest absolute Gasteiger partial charge is 0.497 e. The van der Waals surface area contributed by atoms with Gasteiger partial charge in [-0.05, 0) is 49.2 Å². The third kappa shape index (κ3) is 3.79. The van der Waals surface area contributed by atoms with Gasteiger partial charge in [0.1, 0.15) is 17.3 Å². The highest BCUT2D eigenvalue weighted by Crippen LogP contribution is 2.32. The molecule has 1 aliphatic rings. The summed E-state index contributed by atoms with van der Waals surface area (Å²) >= 11 is 0. The Hall–Kier alpha value is -2.69. The Morgan fingerprint density at radius 2 is 2.12 bits per heavy atom. The van der Waals surface area contributed by atoms with Crippen molar-refractivity contribution in [2.24, 2.45) is 0 Å². The van der Waals surface area contributed by atoms with Gasteiger partial charge in [0.15, 0.2) is 0 Å². The first-order chi connectivity index (χ1) is 11.7. The molecular formula is C19H21NO4. The van der Waals surface area contributed by atoms with E-state index in [2.05, 4.69) is 0 Å². The number of benzene rings is 1. The lowest BCUT2D eigenvalue weighted by Crippen LogP contribution is -2.31. The summed E-state index contributed by atoms with van der Waals surface area (Å²) in [5, 5.41) is 0. The van der Waals surface area contributed by atoms with Crippen LogP contribution in [0.1, 0.15) is 24.2 Å². The quantitative estimate of drug-likeness (QED) is 0.730. The lowest BCUT2D eigenvalue weighted by Gasteiger charge is -2.22. The molecule has 5 heteroatoms. The summed E-state index contributed by atoms with van der Waals surface area (Å²) in [6.45, 7) is 0.492. The van der Waals surface area contributed by atoms with Crippen molar-refractivity contribution < 1.29 is 18.7 Å². The van der Waals surface area contributed by atoms with Crippen LogP contribution in [0.5, 0.6) is 11.5 Å². The molecule has 0 atom stereocenters. The van der Waals surface area contributed by atoms with Gasteiger partial charge in [-0.1, -0.05) is 0 Å². The number of nitrogens with zero attached hydrogens (tertiary/aromatic N) is 1. The van der Waals surface area contributed by atoms with Gasteiger partial charge in [-0.2, -0.15) is 0 Å². The van der Waals surface area contributed by atoms with Crippen molar-refractivity contribution in [3.63, 3.8) is 0 Å². The SMILES string of the molecule is COc1ccc(OC)c(CN(C(=O)/C=C/c2ccco2)C2CC2)c1. The van der Waals surface area contributed by atoms with Crippen LogP contribution < -0.4 is 9.47 Å². The molecular weight excluding hydrogens is 306 g/mol. The van der Waals surface area contributed by atoms with Gasteiger partial charge in [-0.3, -0.25) is 4.79 Å². The molecule has 1 saturated carbocycles. The van der Waals surface area contributed by atoms with Gasteiger partial charge in [0, 0.05) is 17.7 Å². The number of furan rings is 1. The van der Waals surface area contributed by atoms with Crippen LogP contribution in [0.25, 0.3) is 6.08 Å². The van der Waals surface area contributed by atoms with E-state index in [9.17, 15) is 4.79 Å². The maximum atomic E-state index is 12.6. The van der Waals surface area contributed by atoms with E-state index in [1.165, 1.54) is 0 Å². The topological polar surface area (TPSA) is 51.9 Å². The number of carbonyl (C=O) groups is 1. The monoisotopic (exact) mass is 327 g/mol. The molecule has 1 aromatic carbocycles. The van der Waals surface area contributed by atoms with Crippen LogP contribution in [0.15, 0.2) is 47.1 Å². The summed E-state index contributed by atoms with van der Waals surface area (Å²) in [5.74, 6) is 2.14. The van der Waals surface area contributed by atoms with Crippen LogP contribution in [0.4, 0.5) is 0 Å². The van der Waals surface area contributed by atoms with Crippen LogP contribution in [0.2, 0.25) is 0 Å². The third-order valence-electron chi connectivity index (χ3n) is 4.03. The Labute approximate surface area is 141 Å². The van der Waals surface area contributed by atoms with Crippen molar-refractivity contribution >= 4 is 12.0 Å². The number of rotatable bonds is 7. The molecule has 1 amide bonds. The van der Waals surface area contributed by atoms with E-state index in [1.807, 2.05) is 29.2 Å². The molecule has 3 rings (SSSR count). The van der Waals surface area contributed by atoms with E-state index >= 15 is 0 Å². The van der Waals surface area contributed by atoms with Crippen molar-refractivity contribution in [3.05, 3.63) is 54.0 Å². The van der Waals surface area contributed by atoms with Crippen LogP contribution in [-0.2, 0) is 11.3 Å². The summed E-state index contributed by atoms with van der Waals surface area (Å²) in [6.07, 6.45) is 6.91. The average Bonchev–Trinajstić information content (AvgIpc) is 3.32. The van der Waals surface area contributed by atoms with Gasteiger partial charge >= 0.3 is 0 Å². The molecule has 0 unspecified atom stereocenters. The summed E-state index contributed by atoms with van der Waals surface area (Å²) < 4.78 is 15.9. The standard InChI is InChI=1S/C19H21NO4/c1-22-17-7-9-18(23-2)14(12-17)13-20(15-5-6-15)19(21)10-8-16-4-3-11-24-16/h3-4,7-12,15H,5-6,13H2,1-2H3/b10-8+. The maximum absolute atomic E-state index is 12.6. The van der Waals surface area contributed by atoms with Crippen LogP contribution in [0.3, 0.4) is 0 Å². The summed E-state index contributed by atoms with van der Waals surface area (Å²) in [4.78, 5) is 14.5. The van der Waals surface area contributed by atoms with Gasteiger partial charge in [0.2, 0.25) is 5.91 Å². The summed E-state index contributed by atoms with van der Waals surface area (Å²) in [7, 11) is 3.26. The second-order valence-corrected chi connectivity index (χ2v) is 5.72. The number of hydrogen-bond donors (Lipinski definition) is 0. The third-order valence-corrected chi connectivity index (χ3v) is 4.03. The highest BCUT2D eigenvalue weighted by molar-refractivity contribution is 5.91. The molecule has 0 N–H and O–H groups in total. The first kappa shape index (κ1) is 16.2. The Morgan fingerprint density at radius 3 is 2.75 bits per heavy atom. The smallest absolute Gasteiger partial charge is 0.247 e. The van der Waals surface area contributed by atoms with Crippen LogP contribution in [-0.4, -0.2) is 31.1 Å². The predicted molar refractivity (Wildman–Crippen MR) is 90.9 cm³/mol. The molecule has 1 heterocycles. The van der Waals surface area contributed by atoms with Crippen molar-refractivity contribution in [2.45, 2.75) is 25.4 Å². The van der Waals surface area contributed by atoms with Crippen LogP contribution in [0, 0.1) is 0 Å². The minimum atomic E-state index is -0.0289. The van der Waals surface area contributed by atoms with Crippen molar-refractivity contribution in [1.29, 1.82) is 0 Å². The Balaban J connectivity index is 1.78. The number of ether oxygens (including phenoxy) is 2. The maximum Gasteiger partial charge on any atom is 0.247 e. The van der Waals surface area contributed by atoms with Gasteiger partial charge < -0.3 is 18.8 Å². The van der Waals surface area contributed by atoms with Gasteiger partial charge in [0.25, 0.3) is 0 Å². The molecule has 0 spiro atoms. The molecule has 1 aromatic heterocycles. The van der Waals surface area contributed by atoms with Crippen LogP contribution >= 0.6 is 0 Å². The molecule has 0 radical (unpaired) electrons. The molecule has 0 saturated heterocycles. The lowest BCUT2D eigenvalue weighted by molar-refractivity contribution is -0.127. The average molecular weight is 327 g/mol. The van der Waals surface area contributed by atoms with Crippen molar-refractivity contribution in [3.8, 4) is 11.5 Å². The Morgan fingerprint density at radius 1 is 1.29 bits per heavy atom. The van der Waals surface area contributed by atoms with E-state index in [1.54, 1.807) is 38.7 Å². The van der Waals surface area contributed by atoms with E-state index in [4.69, 9.17) is 13.9 Å². The molecule has 1 aliphatic carbocycles. The fourth-order valence-corrected chi connectivity index (χ4v) is 2.60. The minimum Gasteiger partial charge on any atom is -0.497 e. The second kappa shape index (κ2) is 7.25. The molecule has 5 nitrogen and oxygen atoms in total. The summed E-state index contributed by atoms with van der Waals surface area (Å²) in [6, 6.07) is 9.53. The first-order valence-electron chi connectivity index (χ1n) is 7.94. The Kier molecular flexibility index (Phi) is 4.89. The van der Waals surface area contributed by atoms with E-state index in [0.29, 0.717) is 12.3 Å². The van der Waals surface area contributed by atoms with Gasteiger partial charge in [-0.25, -0.2) is 0 Å². The zero-order chi connectivity index (χ0) is 16.9. The number of amides is 1. The fraction of sp³-hybridized carbons (Fsp3) is 0.316. The molecule has 24 heavy (non-hydrogen) atoms. The number of methoxy groups -OCH3 is 2. The van der Waals surface area contributed by atoms with E-state index < -0.39 is 0 Å². The minimum absolute atomic E-state index is 0.0289. The molecule has 126 valence electrons. The highest BCUT2D eigenvalue weighted by atomic mass is 16.5. The number of carbonyl (C=O) groups excluding carboxylic acids is 1. The zero-order valence-corrected chi connectivity index (χ0v) is 13.9. The first-order valence-corrected chi connectivity index (χ1v) is 7.94. The van der Waals surface area contributed by atoms with E-state index in [0.717, 1.165) is 29.9 Å². The second-order valence-electron chi connectivity index (χ2n) is 5.72. The predicted octanol–water partition coefficient (Wildman–Crippen LogP) is 3.50. The van der Waals surface area contributed by atoms with Crippen molar-refractivity contribution in [1.82, 2.24) is 4.90 Å². The summed E-state index contributed by atoms with van der Waals surface area (Å²) in [5.41, 5.74) is 0.934. The number of hydrogen-bond acceptors (Lipinski definition) is 4. The fourth-order valence-electron chi connectivity index (χ4n) is 2.60. The lowest BCUT2D eigenvalue weighted by atomic mass is 10.1. The molecule has 1 fully saturated rings. The zero-order valence-electron chi connectivity index (χ0n) is 13.9. The van der Waals surface area contributed by atoms with E-state index in [-0.39, 0.29) is 11.9 Å². The van der Waals surface area contributed by atoms with Gasteiger partial charge in [-0.15, -0.1) is 0 Å². The van der Waals surface area contributed by atoms with Crippen molar-refractivity contribution in [2.75, 3.05) is 14.2 Å². The Bertz CT molecular complexity index is 717. The highest BCUT2D eigenvalue weighted by Gasteiger charge is 2.32.